The van der Waals surface area contributed by atoms with E-state index in [0.29, 0.717) is 49.5 Å². The minimum Gasteiger partial charge on any atom is -0.336 e. The van der Waals surface area contributed by atoms with Gasteiger partial charge in [-0.1, -0.05) is 36.4 Å². The van der Waals surface area contributed by atoms with E-state index >= 15 is 0 Å². The van der Waals surface area contributed by atoms with Crippen molar-refractivity contribution in [1.82, 2.24) is 24.6 Å². The summed E-state index contributed by atoms with van der Waals surface area (Å²) in [4.78, 5) is 22.3. The fourth-order valence-corrected chi connectivity index (χ4v) is 4.55. The zero-order chi connectivity index (χ0) is 25.3. The highest BCUT2D eigenvalue weighted by Crippen LogP contribution is 2.30. The van der Waals surface area contributed by atoms with E-state index < -0.39 is 11.7 Å². The molecule has 0 radical (unpaired) electrons. The number of piperazine rings is 1. The van der Waals surface area contributed by atoms with E-state index in [2.05, 4.69) is 10.00 Å². The van der Waals surface area contributed by atoms with Gasteiger partial charge in [-0.25, -0.2) is 4.98 Å². The van der Waals surface area contributed by atoms with Crippen molar-refractivity contribution in [2.75, 3.05) is 26.2 Å². The first-order valence-electron chi connectivity index (χ1n) is 11.9. The van der Waals surface area contributed by atoms with Crippen molar-refractivity contribution in [2.24, 2.45) is 0 Å². The van der Waals surface area contributed by atoms with Crippen molar-refractivity contribution in [2.45, 2.75) is 26.2 Å². The first-order valence-corrected chi connectivity index (χ1v) is 11.9. The number of para-hydroxylation sites is 1. The summed E-state index contributed by atoms with van der Waals surface area (Å²) in [5.41, 5.74) is 2.85. The highest BCUT2D eigenvalue weighted by atomic mass is 19.4. The fourth-order valence-electron chi connectivity index (χ4n) is 4.55. The number of carbonyl (C=O) groups is 1. The predicted octanol–water partition coefficient (Wildman–Crippen LogP) is 5.10. The van der Waals surface area contributed by atoms with Crippen LogP contribution in [0, 0.1) is 0 Å². The molecule has 0 N–H and O–H groups in total. The van der Waals surface area contributed by atoms with Crippen LogP contribution in [0.2, 0.25) is 0 Å². The average Bonchev–Trinajstić information content (AvgIpc) is 3.37. The third-order valence-electron chi connectivity index (χ3n) is 6.52. The van der Waals surface area contributed by atoms with E-state index in [4.69, 9.17) is 4.98 Å². The van der Waals surface area contributed by atoms with E-state index in [1.165, 1.54) is 12.1 Å². The van der Waals surface area contributed by atoms with Crippen LogP contribution in [-0.2, 0) is 19.3 Å². The van der Waals surface area contributed by atoms with Gasteiger partial charge >= 0.3 is 6.18 Å². The minimum absolute atomic E-state index is 0.0727. The Balaban J connectivity index is 1.33. The summed E-state index contributed by atoms with van der Waals surface area (Å²) in [5, 5.41) is 5.12. The lowest BCUT2D eigenvalue weighted by atomic mass is 10.0. The van der Waals surface area contributed by atoms with E-state index in [1.807, 2.05) is 53.0 Å². The second-order valence-electron chi connectivity index (χ2n) is 8.92. The number of halogens is 3. The number of hydrogen-bond acceptors (Lipinski definition) is 4. The normalized spacial score (nSPS) is 14.9. The molecular formula is C27H26F3N5O. The Kier molecular flexibility index (Phi) is 6.49. The maximum Gasteiger partial charge on any atom is 0.416 e. The molecule has 0 bridgehead atoms. The van der Waals surface area contributed by atoms with Gasteiger partial charge in [0.05, 0.1) is 28.5 Å². The molecule has 3 heterocycles. The minimum atomic E-state index is -4.36. The number of aromatic nitrogens is 3. The molecule has 1 saturated heterocycles. The van der Waals surface area contributed by atoms with Gasteiger partial charge in [0.1, 0.15) is 0 Å². The van der Waals surface area contributed by atoms with Crippen LogP contribution >= 0.6 is 0 Å². The number of amides is 1. The van der Waals surface area contributed by atoms with Gasteiger partial charge in [-0.2, -0.15) is 18.3 Å². The molecule has 2 aromatic heterocycles. The van der Waals surface area contributed by atoms with Crippen LogP contribution in [0.3, 0.4) is 0 Å². The van der Waals surface area contributed by atoms with Gasteiger partial charge in [-0.15, -0.1) is 0 Å². The van der Waals surface area contributed by atoms with E-state index in [9.17, 15) is 18.0 Å². The number of fused-ring (bicyclic) bond motifs is 1. The smallest absolute Gasteiger partial charge is 0.336 e. The zero-order valence-corrected chi connectivity index (χ0v) is 19.9. The zero-order valence-electron chi connectivity index (χ0n) is 19.9. The monoisotopic (exact) mass is 493 g/mol. The van der Waals surface area contributed by atoms with Crippen molar-refractivity contribution in [3.63, 3.8) is 0 Å². The number of alkyl halides is 3. The lowest BCUT2D eigenvalue weighted by Gasteiger charge is -2.35. The average molecular weight is 494 g/mol. The first kappa shape index (κ1) is 24.0. The molecule has 5 rings (SSSR count). The number of hydrogen-bond donors (Lipinski definition) is 0. The molecule has 1 amide bonds. The van der Waals surface area contributed by atoms with Gasteiger partial charge in [0.15, 0.2) is 0 Å². The molecule has 0 atom stereocenters. The molecular weight excluding hydrogens is 467 g/mol. The van der Waals surface area contributed by atoms with Crippen molar-refractivity contribution in [1.29, 1.82) is 0 Å². The van der Waals surface area contributed by atoms with Crippen LogP contribution in [0.15, 0.2) is 67.0 Å². The van der Waals surface area contributed by atoms with Crippen molar-refractivity contribution in [3.05, 3.63) is 83.7 Å². The van der Waals surface area contributed by atoms with E-state index in [0.717, 1.165) is 29.1 Å². The number of aryl methyl sites for hydroxylation is 1. The molecule has 1 aliphatic heterocycles. The summed E-state index contributed by atoms with van der Waals surface area (Å²) >= 11 is 0. The van der Waals surface area contributed by atoms with Gasteiger partial charge in [-0.05, 0) is 30.7 Å². The third kappa shape index (κ3) is 4.97. The van der Waals surface area contributed by atoms with E-state index in [1.54, 1.807) is 12.3 Å². The number of benzene rings is 2. The first-order chi connectivity index (χ1) is 17.3. The largest absolute Gasteiger partial charge is 0.416 e. The number of carbonyl (C=O) groups excluding carboxylic acids is 1. The van der Waals surface area contributed by atoms with Gasteiger partial charge in [-0.3, -0.25) is 14.4 Å². The molecule has 0 unspecified atom stereocenters. The van der Waals surface area contributed by atoms with Crippen LogP contribution in [0.5, 0.6) is 0 Å². The molecule has 4 aromatic rings. The molecule has 36 heavy (non-hydrogen) atoms. The number of nitrogens with zero attached hydrogens (tertiary/aromatic N) is 5. The van der Waals surface area contributed by atoms with Gasteiger partial charge < -0.3 is 4.90 Å². The Labute approximate surface area is 207 Å². The molecule has 1 fully saturated rings. The van der Waals surface area contributed by atoms with Crippen LogP contribution in [0.25, 0.3) is 22.2 Å². The highest BCUT2D eigenvalue weighted by Gasteiger charge is 2.31. The SMILES string of the molecule is CCn1cc(-c2cc(C(=O)N3CCN(Cc4cccc(C(F)(F)F)c4)CC3)c3ccccc3n2)cn1. The molecule has 0 aliphatic carbocycles. The molecule has 0 saturated carbocycles. The van der Waals surface area contributed by atoms with Crippen LogP contribution in [0.4, 0.5) is 13.2 Å². The molecule has 6 nitrogen and oxygen atoms in total. The van der Waals surface area contributed by atoms with Gasteiger partial charge in [0, 0.05) is 56.4 Å². The fraction of sp³-hybridized carbons (Fsp3) is 0.296. The maximum absolute atomic E-state index is 13.6. The Morgan fingerprint density at radius 3 is 2.50 bits per heavy atom. The quantitative estimate of drug-likeness (QED) is 0.389. The molecule has 0 spiro atoms. The maximum atomic E-state index is 13.6. The lowest BCUT2D eigenvalue weighted by molar-refractivity contribution is -0.137. The van der Waals surface area contributed by atoms with E-state index in [-0.39, 0.29) is 5.91 Å². The summed E-state index contributed by atoms with van der Waals surface area (Å²) in [6.45, 7) is 5.32. The molecule has 1 aliphatic rings. The van der Waals surface area contributed by atoms with Crippen molar-refractivity contribution < 1.29 is 18.0 Å². The van der Waals surface area contributed by atoms with Gasteiger partial charge in [0.25, 0.3) is 5.91 Å². The second-order valence-corrected chi connectivity index (χ2v) is 8.92. The second kappa shape index (κ2) is 9.73. The summed E-state index contributed by atoms with van der Waals surface area (Å²) in [6, 6.07) is 14.8. The standard InChI is InChI=1S/C27H26F3N5O/c1-2-35-18-20(16-31-35)25-15-23(22-8-3-4-9-24(22)32-25)26(36)34-12-10-33(11-13-34)17-19-6-5-7-21(14-19)27(28,29)30/h3-9,14-16,18H,2,10-13,17H2,1H3. The third-order valence-corrected chi connectivity index (χ3v) is 6.52. The van der Waals surface area contributed by atoms with Crippen LogP contribution < -0.4 is 0 Å². The Morgan fingerprint density at radius 2 is 1.78 bits per heavy atom. The topological polar surface area (TPSA) is 54.3 Å². The Hall–Kier alpha value is -3.72. The summed E-state index contributed by atoms with van der Waals surface area (Å²) in [6.07, 6.45) is -0.693. The number of pyridine rings is 1. The number of rotatable bonds is 5. The predicted molar refractivity (Wildman–Crippen MR) is 131 cm³/mol. The lowest BCUT2D eigenvalue weighted by Crippen LogP contribution is -2.48. The summed E-state index contributed by atoms with van der Waals surface area (Å²) in [5.74, 6) is -0.0727. The summed E-state index contributed by atoms with van der Waals surface area (Å²) < 4.78 is 41.0. The Morgan fingerprint density at radius 1 is 1.00 bits per heavy atom. The Bertz CT molecular complexity index is 1390. The van der Waals surface area contributed by atoms with Crippen molar-refractivity contribution >= 4 is 16.8 Å². The van der Waals surface area contributed by atoms with Crippen LogP contribution in [-0.4, -0.2) is 56.7 Å². The summed E-state index contributed by atoms with van der Waals surface area (Å²) in [7, 11) is 0. The molecule has 186 valence electrons. The van der Waals surface area contributed by atoms with Gasteiger partial charge in [0.2, 0.25) is 0 Å². The molecule has 9 heteroatoms. The van der Waals surface area contributed by atoms with Crippen molar-refractivity contribution in [3.8, 4) is 11.3 Å². The molecule has 2 aromatic carbocycles. The van der Waals surface area contributed by atoms with Crippen LogP contribution in [0.1, 0.15) is 28.4 Å². The highest BCUT2D eigenvalue weighted by molar-refractivity contribution is 6.07.